The Kier molecular flexibility index (Phi) is 4.88. The molecule has 1 aliphatic rings. The van der Waals surface area contributed by atoms with Crippen LogP contribution < -0.4 is 10.6 Å². The van der Waals surface area contributed by atoms with Crippen LogP contribution in [0.3, 0.4) is 0 Å². The number of nitrogens with one attached hydrogen (secondary N) is 2. The Labute approximate surface area is 128 Å². The number of aryl methyl sites for hydroxylation is 2. The molecule has 0 radical (unpaired) electrons. The van der Waals surface area contributed by atoms with Crippen molar-refractivity contribution in [3.05, 3.63) is 21.4 Å². The number of carbonyl (C=O) groups excluding carboxylic acids is 1. The number of aliphatic carboxylic acids is 1. The zero-order valence-electron chi connectivity index (χ0n) is 12.6. The number of amides is 2. The van der Waals surface area contributed by atoms with Crippen LogP contribution in [0, 0.1) is 19.8 Å². The molecule has 0 spiro atoms. The maximum Gasteiger partial charge on any atom is 0.315 e. The highest BCUT2D eigenvalue weighted by molar-refractivity contribution is 7.12. The summed E-state index contributed by atoms with van der Waals surface area (Å²) in [5, 5.41) is 14.8. The predicted molar refractivity (Wildman–Crippen MR) is 82.6 cm³/mol. The molecule has 1 fully saturated rings. The summed E-state index contributed by atoms with van der Waals surface area (Å²) in [6, 6.07) is 1.79. The van der Waals surface area contributed by atoms with E-state index in [4.69, 9.17) is 5.11 Å². The Balaban J connectivity index is 1.85. The summed E-state index contributed by atoms with van der Waals surface area (Å²) < 4.78 is 0. The number of thiophene rings is 1. The second kappa shape index (κ2) is 6.47. The molecule has 3 N–H and O–H groups in total. The lowest BCUT2D eigenvalue weighted by Gasteiger charge is -2.18. The van der Waals surface area contributed by atoms with Gasteiger partial charge < -0.3 is 15.7 Å². The van der Waals surface area contributed by atoms with Crippen LogP contribution in [0.1, 0.15) is 47.5 Å². The van der Waals surface area contributed by atoms with Crippen LogP contribution in [-0.4, -0.2) is 23.1 Å². The summed E-state index contributed by atoms with van der Waals surface area (Å²) in [5.41, 5.74) is 1.14. The van der Waals surface area contributed by atoms with E-state index >= 15 is 0 Å². The number of urea groups is 1. The molecule has 0 aliphatic heterocycles. The Morgan fingerprint density at radius 1 is 1.38 bits per heavy atom. The minimum atomic E-state index is -0.766. The van der Waals surface area contributed by atoms with Crippen molar-refractivity contribution in [3.8, 4) is 0 Å². The maximum atomic E-state index is 12.0. The Bertz CT molecular complexity index is 541. The fourth-order valence-electron chi connectivity index (χ4n) is 2.92. The van der Waals surface area contributed by atoms with Crippen molar-refractivity contribution in [2.75, 3.05) is 0 Å². The van der Waals surface area contributed by atoms with E-state index in [0.717, 1.165) is 12.0 Å². The molecule has 0 saturated heterocycles. The highest BCUT2D eigenvalue weighted by Gasteiger charge is 2.30. The molecule has 0 aromatic carbocycles. The molecule has 21 heavy (non-hydrogen) atoms. The van der Waals surface area contributed by atoms with E-state index in [1.54, 1.807) is 11.3 Å². The first-order chi connectivity index (χ1) is 9.86. The summed E-state index contributed by atoms with van der Waals surface area (Å²) in [4.78, 5) is 25.4. The van der Waals surface area contributed by atoms with Crippen LogP contribution in [0.5, 0.6) is 0 Å². The van der Waals surface area contributed by atoms with Gasteiger partial charge in [0.05, 0.1) is 12.0 Å². The van der Waals surface area contributed by atoms with E-state index in [1.807, 2.05) is 6.92 Å². The second-order valence-corrected chi connectivity index (χ2v) is 7.21. The number of hydrogen-bond donors (Lipinski definition) is 3. The van der Waals surface area contributed by atoms with Crippen LogP contribution in [0.25, 0.3) is 0 Å². The molecule has 2 amide bonds. The zero-order valence-corrected chi connectivity index (χ0v) is 13.4. The van der Waals surface area contributed by atoms with Crippen molar-refractivity contribution in [2.45, 2.75) is 52.1 Å². The maximum absolute atomic E-state index is 12.0. The number of rotatable bonds is 4. The summed E-state index contributed by atoms with van der Waals surface area (Å²) in [7, 11) is 0. The van der Waals surface area contributed by atoms with E-state index in [0.29, 0.717) is 12.8 Å². The van der Waals surface area contributed by atoms with Crippen LogP contribution in [0.15, 0.2) is 6.07 Å². The minimum Gasteiger partial charge on any atom is -0.481 e. The van der Waals surface area contributed by atoms with E-state index in [2.05, 4.69) is 30.5 Å². The van der Waals surface area contributed by atoms with Crippen LogP contribution >= 0.6 is 11.3 Å². The average molecular weight is 310 g/mol. The van der Waals surface area contributed by atoms with Gasteiger partial charge in [0.15, 0.2) is 0 Å². The number of carbonyl (C=O) groups is 2. The Morgan fingerprint density at radius 3 is 2.62 bits per heavy atom. The van der Waals surface area contributed by atoms with E-state index in [9.17, 15) is 9.59 Å². The van der Waals surface area contributed by atoms with E-state index in [1.165, 1.54) is 9.75 Å². The van der Waals surface area contributed by atoms with Crippen molar-refractivity contribution >= 4 is 23.3 Å². The number of carboxylic acid groups (broad SMARTS) is 1. The molecular weight excluding hydrogens is 288 g/mol. The topological polar surface area (TPSA) is 78.4 Å². The van der Waals surface area contributed by atoms with Gasteiger partial charge in [0.1, 0.15) is 0 Å². The molecule has 3 atom stereocenters. The molecule has 2 rings (SSSR count). The van der Waals surface area contributed by atoms with Gasteiger partial charge in [0, 0.05) is 15.8 Å². The normalized spacial score (nSPS) is 22.8. The zero-order chi connectivity index (χ0) is 15.6. The van der Waals surface area contributed by atoms with E-state index in [-0.39, 0.29) is 24.0 Å². The van der Waals surface area contributed by atoms with Crippen molar-refractivity contribution in [2.24, 2.45) is 5.92 Å². The number of hydrogen-bond acceptors (Lipinski definition) is 3. The van der Waals surface area contributed by atoms with Crippen molar-refractivity contribution < 1.29 is 14.7 Å². The first kappa shape index (κ1) is 15.8. The first-order valence-electron chi connectivity index (χ1n) is 7.23. The third-order valence-electron chi connectivity index (χ3n) is 4.01. The highest BCUT2D eigenvalue weighted by Crippen LogP contribution is 2.27. The van der Waals surface area contributed by atoms with Gasteiger partial charge in [0.25, 0.3) is 0 Å². The Hall–Kier alpha value is -1.56. The van der Waals surface area contributed by atoms with Gasteiger partial charge in [-0.05, 0) is 51.7 Å². The van der Waals surface area contributed by atoms with Crippen molar-refractivity contribution in [1.29, 1.82) is 0 Å². The van der Waals surface area contributed by atoms with Crippen molar-refractivity contribution in [3.63, 3.8) is 0 Å². The molecule has 1 aliphatic carbocycles. The largest absolute Gasteiger partial charge is 0.481 e. The molecule has 1 aromatic heterocycles. The molecule has 5 nitrogen and oxygen atoms in total. The molecule has 1 heterocycles. The summed E-state index contributed by atoms with van der Waals surface area (Å²) in [5.74, 6) is -1.09. The summed E-state index contributed by atoms with van der Waals surface area (Å²) >= 11 is 1.72. The quantitative estimate of drug-likeness (QED) is 0.800. The lowest BCUT2D eigenvalue weighted by Crippen LogP contribution is -2.42. The van der Waals surface area contributed by atoms with Gasteiger partial charge in [0.2, 0.25) is 0 Å². The van der Waals surface area contributed by atoms with E-state index < -0.39 is 5.97 Å². The van der Waals surface area contributed by atoms with Crippen LogP contribution in [-0.2, 0) is 4.79 Å². The summed E-state index contributed by atoms with van der Waals surface area (Å²) in [6.45, 7) is 6.07. The number of carboxylic acids is 1. The third kappa shape index (κ3) is 3.97. The Morgan fingerprint density at radius 2 is 2.10 bits per heavy atom. The first-order valence-corrected chi connectivity index (χ1v) is 8.05. The van der Waals surface area contributed by atoms with Gasteiger partial charge >= 0.3 is 12.0 Å². The highest BCUT2D eigenvalue weighted by atomic mass is 32.1. The van der Waals surface area contributed by atoms with Gasteiger partial charge in [-0.2, -0.15) is 0 Å². The third-order valence-corrected chi connectivity index (χ3v) is 4.99. The minimum absolute atomic E-state index is 0.0383. The lowest BCUT2D eigenvalue weighted by molar-refractivity contribution is -0.141. The molecular formula is C15H22N2O3S. The fourth-order valence-corrected chi connectivity index (χ4v) is 3.94. The second-order valence-electron chi connectivity index (χ2n) is 5.75. The standard InChI is InChI=1S/C15H22N2O3S/c1-8-6-13(10(3)21-8)9(2)16-15(20)17-12-5-4-11(7-12)14(18)19/h6,9,11-12H,4-5,7H2,1-3H3,(H,18,19)(H2,16,17,20)/t9?,11-,12+/m1/s1. The monoisotopic (exact) mass is 310 g/mol. The van der Waals surface area contributed by atoms with Crippen LogP contribution in [0.4, 0.5) is 4.79 Å². The lowest BCUT2D eigenvalue weighted by atomic mass is 10.1. The molecule has 6 heteroatoms. The van der Waals surface area contributed by atoms with Gasteiger partial charge in [-0.3, -0.25) is 4.79 Å². The SMILES string of the molecule is Cc1cc(C(C)NC(=O)N[C@H]2CC[C@@H](C(=O)O)C2)c(C)s1. The molecule has 0 bridgehead atoms. The van der Waals surface area contributed by atoms with Crippen molar-refractivity contribution in [1.82, 2.24) is 10.6 Å². The summed E-state index contributed by atoms with van der Waals surface area (Å²) in [6.07, 6.45) is 1.89. The molecule has 116 valence electrons. The van der Waals surface area contributed by atoms with Gasteiger partial charge in [-0.15, -0.1) is 11.3 Å². The molecule has 1 unspecified atom stereocenters. The smallest absolute Gasteiger partial charge is 0.315 e. The van der Waals surface area contributed by atoms with Gasteiger partial charge in [-0.25, -0.2) is 4.79 Å². The predicted octanol–water partition coefficient (Wildman–Crippen LogP) is 2.98. The molecule has 1 aromatic rings. The fraction of sp³-hybridized carbons (Fsp3) is 0.600. The molecule has 1 saturated carbocycles. The van der Waals surface area contributed by atoms with Gasteiger partial charge in [-0.1, -0.05) is 0 Å². The average Bonchev–Trinajstić information content (AvgIpc) is 2.95. The van der Waals surface area contributed by atoms with Crippen LogP contribution in [0.2, 0.25) is 0 Å².